The quantitative estimate of drug-likeness (QED) is 0.774. The van der Waals surface area contributed by atoms with E-state index in [2.05, 4.69) is 14.1 Å². The third-order valence-corrected chi connectivity index (χ3v) is 3.89. The summed E-state index contributed by atoms with van der Waals surface area (Å²) in [6.07, 6.45) is -0.603. The SMILES string of the molecule is OC(CNc1c(Cl)ccc2nsnc12)c1ccccc1. The molecule has 2 N–H and O–H groups in total. The molecule has 0 saturated heterocycles. The zero-order chi connectivity index (χ0) is 13.9. The molecule has 102 valence electrons. The average Bonchev–Trinajstić information content (AvgIpc) is 2.95. The maximum Gasteiger partial charge on any atom is 0.129 e. The number of nitrogens with zero attached hydrogens (tertiary/aromatic N) is 2. The lowest BCUT2D eigenvalue weighted by Crippen LogP contribution is -2.12. The van der Waals surface area contributed by atoms with Crippen molar-refractivity contribution in [1.82, 2.24) is 8.75 Å². The van der Waals surface area contributed by atoms with Gasteiger partial charge in [0.2, 0.25) is 0 Å². The molecule has 1 heterocycles. The lowest BCUT2D eigenvalue weighted by molar-refractivity contribution is 0.191. The summed E-state index contributed by atoms with van der Waals surface area (Å²) in [6, 6.07) is 13.1. The minimum atomic E-state index is -0.603. The summed E-state index contributed by atoms with van der Waals surface area (Å²) in [4.78, 5) is 0. The minimum Gasteiger partial charge on any atom is -0.387 e. The van der Waals surface area contributed by atoms with E-state index in [4.69, 9.17) is 11.6 Å². The predicted octanol–water partition coefficient (Wildman–Crippen LogP) is 3.49. The zero-order valence-corrected chi connectivity index (χ0v) is 12.0. The molecule has 1 atom stereocenters. The van der Waals surface area contributed by atoms with E-state index in [-0.39, 0.29) is 0 Å². The molecule has 0 saturated carbocycles. The van der Waals surface area contributed by atoms with E-state index in [1.165, 1.54) is 0 Å². The molecule has 3 aromatic rings. The Morgan fingerprint density at radius 3 is 2.75 bits per heavy atom. The fourth-order valence-electron chi connectivity index (χ4n) is 1.99. The monoisotopic (exact) mass is 305 g/mol. The fourth-order valence-corrected chi connectivity index (χ4v) is 2.75. The summed E-state index contributed by atoms with van der Waals surface area (Å²) < 4.78 is 8.41. The summed E-state index contributed by atoms with van der Waals surface area (Å²) in [6.45, 7) is 0.361. The van der Waals surface area contributed by atoms with Gasteiger partial charge in [-0.15, -0.1) is 0 Å². The Bertz CT molecular complexity index is 717. The number of aliphatic hydroxyl groups excluding tert-OH is 1. The van der Waals surface area contributed by atoms with Crippen LogP contribution in [-0.4, -0.2) is 20.4 Å². The van der Waals surface area contributed by atoms with E-state index in [1.54, 1.807) is 6.07 Å². The van der Waals surface area contributed by atoms with Gasteiger partial charge in [-0.25, -0.2) is 0 Å². The summed E-state index contributed by atoms with van der Waals surface area (Å²) >= 11 is 7.33. The Kier molecular flexibility index (Phi) is 3.82. The minimum absolute atomic E-state index is 0.361. The number of halogens is 1. The number of rotatable bonds is 4. The van der Waals surface area contributed by atoms with Crippen molar-refractivity contribution in [3.63, 3.8) is 0 Å². The molecule has 1 aromatic heterocycles. The maximum atomic E-state index is 10.2. The van der Waals surface area contributed by atoms with Crippen molar-refractivity contribution in [2.45, 2.75) is 6.10 Å². The van der Waals surface area contributed by atoms with Crippen LogP contribution in [0, 0.1) is 0 Å². The first-order valence-corrected chi connectivity index (χ1v) is 7.24. The van der Waals surface area contributed by atoms with Crippen LogP contribution in [0.5, 0.6) is 0 Å². The van der Waals surface area contributed by atoms with Gasteiger partial charge in [0.1, 0.15) is 11.0 Å². The predicted molar refractivity (Wildman–Crippen MR) is 82.3 cm³/mol. The summed E-state index contributed by atoms with van der Waals surface area (Å²) in [5.41, 5.74) is 3.12. The molecular weight excluding hydrogens is 294 g/mol. The Morgan fingerprint density at radius 2 is 1.95 bits per heavy atom. The van der Waals surface area contributed by atoms with Gasteiger partial charge in [-0.2, -0.15) is 8.75 Å². The number of anilines is 1. The van der Waals surface area contributed by atoms with Crippen LogP contribution >= 0.6 is 23.3 Å². The lowest BCUT2D eigenvalue weighted by Gasteiger charge is -2.14. The average molecular weight is 306 g/mol. The van der Waals surface area contributed by atoms with Gasteiger partial charge < -0.3 is 10.4 Å². The molecule has 1 unspecified atom stereocenters. The Morgan fingerprint density at radius 1 is 1.15 bits per heavy atom. The topological polar surface area (TPSA) is 58.0 Å². The van der Waals surface area contributed by atoms with Crippen LogP contribution in [-0.2, 0) is 0 Å². The van der Waals surface area contributed by atoms with Gasteiger partial charge in [0.25, 0.3) is 0 Å². The van der Waals surface area contributed by atoms with Crippen molar-refractivity contribution in [3.8, 4) is 0 Å². The van der Waals surface area contributed by atoms with Crippen LogP contribution in [0.3, 0.4) is 0 Å². The highest BCUT2D eigenvalue weighted by atomic mass is 35.5. The van der Waals surface area contributed by atoms with Gasteiger partial charge in [-0.1, -0.05) is 41.9 Å². The Balaban J connectivity index is 1.80. The highest BCUT2D eigenvalue weighted by Gasteiger charge is 2.12. The zero-order valence-electron chi connectivity index (χ0n) is 10.5. The van der Waals surface area contributed by atoms with E-state index in [1.807, 2.05) is 36.4 Å². The molecule has 20 heavy (non-hydrogen) atoms. The second-order valence-electron chi connectivity index (χ2n) is 4.36. The molecule has 0 amide bonds. The number of fused-ring (bicyclic) bond motifs is 1. The normalized spacial score (nSPS) is 12.5. The van der Waals surface area contributed by atoms with Crippen molar-refractivity contribution in [2.24, 2.45) is 0 Å². The van der Waals surface area contributed by atoms with E-state index >= 15 is 0 Å². The molecule has 0 aliphatic carbocycles. The number of aliphatic hydroxyl groups is 1. The third-order valence-electron chi connectivity index (χ3n) is 3.03. The first-order chi connectivity index (χ1) is 9.75. The highest BCUT2D eigenvalue weighted by Crippen LogP contribution is 2.30. The largest absolute Gasteiger partial charge is 0.387 e. The van der Waals surface area contributed by atoms with Gasteiger partial charge in [0, 0.05) is 6.54 Å². The van der Waals surface area contributed by atoms with Crippen molar-refractivity contribution < 1.29 is 5.11 Å². The van der Waals surface area contributed by atoms with Gasteiger partial charge in [0.15, 0.2) is 0 Å². The third kappa shape index (κ3) is 2.60. The summed E-state index contributed by atoms with van der Waals surface area (Å²) in [5.74, 6) is 0. The first-order valence-electron chi connectivity index (χ1n) is 6.13. The van der Waals surface area contributed by atoms with Crippen LogP contribution in [0.2, 0.25) is 5.02 Å². The standard InChI is InChI=1S/C14H12ClN3OS/c15-10-6-7-11-14(18-20-17-11)13(10)16-8-12(19)9-4-2-1-3-5-9/h1-7,12,16,19H,8H2. The molecule has 6 heteroatoms. The maximum absolute atomic E-state index is 10.2. The molecule has 4 nitrogen and oxygen atoms in total. The summed E-state index contributed by atoms with van der Waals surface area (Å²) in [7, 11) is 0. The van der Waals surface area contributed by atoms with Crippen LogP contribution < -0.4 is 5.32 Å². The Labute approximate surface area is 125 Å². The highest BCUT2D eigenvalue weighted by molar-refractivity contribution is 7.00. The number of benzene rings is 2. The number of nitrogens with one attached hydrogen (secondary N) is 1. The second kappa shape index (κ2) is 5.75. The van der Waals surface area contributed by atoms with Crippen molar-refractivity contribution >= 4 is 40.0 Å². The van der Waals surface area contributed by atoms with Crippen molar-refractivity contribution in [2.75, 3.05) is 11.9 Å². The van der Waals surface area contributed by atoms with E-state index < -0.39 is 6.10 Å². The van der Waals surface area contributed by atoms with Crippen LogP contribution in [0.25, 0.3) is 11.0 Å². The number of hydrogen-bond donors (Lipinski definition) is 2. The molecule has 0 fully saturated rings. The Hall–Kier alpha value is -1.69. The van der Waals surface area contributed by atoms with Crippen LogP contribution in [0.15, 0.2) is 42.5 Å². The molecule has 2 aromatic carbocycles. The van der Waals surface area contributed by atoms with E-state index in [0.29, 0.717) is 17.3 Å². The lowest BCUT2D eigenvalue weighted by atomic mass is 10.1. The van der Waals surface area contributed by atoms with E-state index in [9.17, 15) is 5.11 Å². The molecule has 3 rings (SSSR count). The molecule has 0 aliphatic heterocycles. The summed E-state index contributed by atoms with van der Waals surface area (Å²) in [5, 5.41) is 13.9. The van der Waals surface area contributed by atoms with Crippen molar-refractivity contribution in [1.29, 1.82) is 0 Å². The van der Waals surface area contributed by atoms with Crippen LogP contribution in [0.1, 0.15) is 11.7 Å². The molecule has 0 bridgehead atoms. The molecule has 0 spiro atoms. The van der Waals surface area contributed by atoms with Crippen LogP contribution in [0.4, 0.5) is 5.69 Å². The van der Waals surface area contributed by atoms with Gasteiger partial charge in [-0.05, 0) is 17.7 Å². The molecule has 0 radical (unpaired) electrons. The fraction of sp³-hybridized carbons (Fsp3) is 0.143. The number of hydrogen-bond acceptors (Lipinski definition) is 5. The molecule has 0 aliphatic rings. The first kappa shape index (κ1) is 13.3. The van der Waals surface area contributed by atoms with Gasteiger partial charge in [0.05, 0.1) is 28.5 Å². The smallest absolute Gasteiger partial charge is 0.129 e. The molecular formula is C14H12ClN3OS. The van der Waals surface area contributed by atoms with Gasteiger partial charge in [-0.3, -0.25) is 0 Å². The van der Waals surface area contributed by atoms with Gasteiger partial charge >= 0.3 is 0 Å². The van der Waals surface area contributed by atoms with E-state index in [0.717, 1.165) is 28.3 Å². The number of aromatic nitrogens is 2. The second-order valence-corrected chi connectivity index (χ2v) is 5.30. The van der Waals surface area contributed by atoms with Crippen molar-refractivity contribution in [3.05, 3.63) is 53.1 Å².